The molecule has 0 fully saturated rings. The average Bonchev–Trinajstić information content (AvgIpc) is 3.07. The minimum atomic E-state index is 1.03. The predicted octanol–water partition coefficient (Wildman–Crippen LogP) is 6.32. The van der Waals surface area contributed by atoms with Crippen molar-refractivity contribution in [2.75, 3.05) is 0 Å². The molecule has 0 spiro atoms. The van der Waals surface area contributed by atoms with Crippen LogP contribution in [-0.4, -0.2) is 0 Å². The molecular weight excluding hydrogens is 288 g/mol. The van der Waals surface area contributed by atoms with E-state index in [9.17, 15) is 0 Å². The Bertz CT molecular complexity index is 914. The lowest BCUT2D eigenvalue weighted by Crippen LogP contribution is -1.95. The van der Waals surface area contributed by atoms with E-state index in [-0.39, 0.29) is 0 Å². The maximum Gasteiger partial charge on any atom is -0.00134 e. The highest BCUT2D eigenvalue weighted by Gasteiger charge is 2.20. The molecule has 0 aromatic heterocycles. The SMILES string of the molecule is CCc1ccccc1-c1c(C)ccc2c1C=C(c1ccccc1)C2. The van der Waals surface area contributed by atoms with Gasteiger partial charge in [0.25, 0.3) is 0 Å². The first-order valence-corrected chi connectivity index (χ1v) is 8.74. The zero-order valence-electron chi connectivity index (χ0n) is 14.3. The van der Waals surface area contributed by atoms with Crippen molar-refractivity contribution in [1.82, 2.24) is 0 Å². The van der Waals surface area contributed by atoms with Crippen LogP contribution in [0.5, 0.6) is 0 Å². The summed E-state index contributed by atoms with van der Waals surface area (Å²) in [4.78, 5) is 0. The first-order chi connectivity index (χ1) is 11.8. The third-order valence-electron chi connectivity index (χ3n) is 5.06. The van der Waals surface area contributed by atoms with Gasteiger partial charge < -0.3 is 0 Å². The highest BCUT2D eigenvalue weighted by Crippen LogP contribution is 2.40. The van der Waals surface area contributed by atoms with E-state index in [1.54, 1.807) is 0 Å². The van der Waals surface area contributed by atoms with Gasteiger partial charge in [0.05, 0.1) is 0 Å². The van der Waals surface area contributed by atoms with Gasteiger partial charge in [0.1, 0.15) is 0 Å². The summed E-state index contributed by atoms with van der Waals surface area (Å²) >= 11 is 0. The van der Waals surface area contributed by atoms with Gasteiger partial charge in [-0.3, -0.25) is 0 Å². The molecule has 24 heavy (non-hydrogen) atoms. The Kier molecular flexibility index (Phi) is 3.82. The molecule has 0 nitrogen and oxygen atoms in total. The molecule has 0 atom stereocenters. The number of aryl methyl sites for hydroxylation is 2. The van der Waals surface area contributed by atoms with E-state index in [4.69, 9.17) is 0 Å². The van der Waals surface area contributed by atoms with Gasteiger partial charge in [-0.2, -0.15) is 0 Å². The number of hydrogen-bond donors (Lipinski definition) is 0. The molecule has 0 amide bonds. The zero-order valence-corrected chi connectivity index (χ0v) is 14.3. The summed E-state index contributed by atoms with van der Waals surface area (Å²) in [6, 6.07) is 24.2. The Morgan fingerprint density at radius 2 is 1.58 bits per heavy atom. The van der Waals surface area contributed by atoms with Gasteiger partial charge in [0.2, 0.25) is 0 Å². The molecule has 0 bridgehead atoms. The van der Waals surface area contributed by atoms with E-state index in [1.165, 1.54) is 44.5 Å². The second-order valence-corrected chi connectivity index (χ2v) is 6.55. The third kappa shape index (κ3) is 2.49. The van der Waals surface area contributed by atoms with Crippen molar-refractivity contribution in [3.05, 3.63) is 94.5 Å². The topological polar surface area (TPSA) is 0 Å². The molecule has 0 unspecified atom stereocenters. The summed E-state index contributed by atoms with van der Waals surface area (Å²) in [5.74, 6) is 0. The fourth-order valence-corrected chi connectivity index (χ4v) is 3.79. The molecule has 118 valence electrons. The Labute approximate surface area is 144 Å². The third-order valence-corrected chi connectivity index (χ3v) is 5.06. The quantitative estimate of drug-likeness (QED) is 0.531. The summed E-state index contributed by atoms with van der Waals surface area (Å²) in [7, 11) is 0. The van der Waals surface area contributed by atoms with Crippen LogP contribution in [0.1, 0.15) is 34.7 Å². The first-order valence-electron chi connectivity index (χ1n) is 8.74. The number of rotatable bonds is 3. The Hall–Kier alpha value is -2.60. The van der Waals surface area contributed by atoms with Gasteiger partial charge >= 0.3 is 0 Å². The molecule has 0 heterocycles. The van der Waals surface area contributed by atoms with Crippen molar-refractivity contribution in [2.24, 2.45) is 0 Å². The monoisotopic (exact) mass is 310 g/mol. The number of allylic oxidation sites excluding steroid dienone is 1. The van der Waals surface area contributed by atoms with Crippen LogP contribution in [0.15, 0.2) is 66.7 Å². The second-order valence-electron chi connectivity index (χ2n) is 6.55. The smallest absolute Gasteiger partial charge is 0.00134 e. The molecule has 0 saturated heterocycles. The lowest BCUT2D eigenvalue weighted by atomic mass is 9.89. The summed E-state index contributed by atoms with van der Waals surface area (Å²) in [5, 5.41) is 0. The number of hydrogen-bond acceptors (Lipinski definition) is 0. The fraction of sp³-hybridized carbons (Fsp3) is 0.167. The largest absolute Gasteiger partial charge is 0.0622 e. The van der Waals surface area contributed by atoms with E-state index in [2.05, 4.69) is 86.7 Å². The van der Waals surface area contributed by atoms with E-state index < -0.39 is 0 Å². The highest BCUT2D eigenvalue weighted by molar-refractivity contribution is 5.95. The summed E-state index contributed by atoms with van der Waals surface area (Å²) in [6.45, 7) is 4.47. The van der Waals surface area contributed by atoms with Gasteiger partial charge in [-0.15, -0.1) is 0 Å². The number of benzene rings is 3. The second kappa shape index (κ2) is 6.13. The Balaban J connectivity index is 1.90. The van der Waals surface area contributed by atoms with E-state index >= 15 is 0 Å². The summed E-state index contributed by atoms with van der Waals surface area (Å²) in [5.41, 5.74) is 11.2. The van der Waals surface area contributed by atoms with Crippen molar-refractivity contribution >= 4 is 11.6 Å². The van der Waals surface area contributed by atoms with Crippen molar-refractivity contribution in [3.63, 3.8) is 0 Å². The molecule has 3 aromatic carbocycles. The molecular formula is C24H22. The van der Waals surface area contributed by atoms with Gasteiger partial charge in [-0.1, -0.05) is 73.7 Å². The van der Waals surface area contributed by atoms with Gasteiger partial charge in [0.15, 0.2) is 0 Å². The van der Waals surface area contributed by atoms with Crippen LogP contribution in [0.25, 0.3) is 22.8 Å². The lowest BCUT2D eigenvalue weighted by molar-refractivity contribution is 1.14. The van der Waals surface area contributed by atoms with Crippen LogP contribution < -0.4 is 0 Å². The van der Waals surface area contributed by atoms with E-state index in [0.29, 0.717) is 0 Å². The molecule has 0 heteroatoms. The van der Waals surface area contributed by atoms with Crippen molar-refractivity contribution in [1.29, 1.82) is 0 Å². The Morgan fingerprint density at radius 1 is 0.833 bits per heavy atom. The predicted molar refractivity (Wildman–Crippen MR) is 104 cm³/mol. The average molecular weight is 310 g/mol. The maximum atomic E-state index is 2.40. The van der Waals surface area contributed by atoms with Crippen LogP contribution in [0.2, 0.25) is 0 Å². The molecule has 1 aliphatic carbocycles. The van der Waals surface area contributed by atoms with Crippen LogP contribution in [0, 0.1) is 6.92 Å². The van der Waals surface area contributed by atoms with Gasteiger partial charge in [0, 0.05) is 0 Å². The fourth-order valence-electron chi connectivity index (χ4n) is 3.79. The van der Waals surface area contributed by atoms with Crippen LogP contribution in [0.3, 0.4) is 0 Å². The van der Waals surface area contributed by atoms with Crippen molar-refractivity contribution in [2.45, 2.75) is 26.7 Å². The molecule has 0 saturated carbocycles. The molecule has 0 N–H and O–H groups in total. The van der Waals surface area contributed by atoms with Crippen LogP contribution >= 0.6 is 0 Å². The molecule has 1 aliphatic rings. The minimum Gasteiger partial charge on any atom is -0.0622 e. The van der Waals surface area contributed by atoms with E-state index in [1.807, 2.05) is 0 Å². The standard InChI is InChI=1S/C24H22/c1-3-18-9-7-8-12-22(18)24-17(2)13-14-20-15-21(16-23(20)24)19-10-5-4-6-11-19/h4-14,16H,3,15H2,1-2H3. The minimum absolute atomic E-state index is 1.03. The normalized spacial score (nSPS) is 12.8. The Morgan fingerprint density at radius 3 is 2.38 bits per heavy atom. The molecule has 0 aliphatic heterocycles. The molecule has 4 rings (SSSR count). The van der Waals surface area contributed by atoms with Crippen LogP contribution in [-0.2, 0) is 12.8 Å². The lowest BCUT2D eigenvalue weighted by Gasteiger charge is -2.15. The molecule has 3 aromatic rings. The number of fused-ring (bicyclic) bond motifs is 1. The molecule has 0 radical (unpaired) electrons. The maximum absolute atomic E-state index is 2.40. The van der Waals surface area contributed by atoms with Crippen molar-refractivity contribution in [3.8, 4) is 11.1 Å². The van der Waals surface area contributed by atoms with Crippen LogP contribution in [0.4, 0.5) is 0 Å². The first kappa shape index (κ1) is 15.0. The highest BCUT2D eigenvalue weighted by atomic mass is 14.2. The van der Waals surface area contributed by atoms with E-state index in [0.717, 1.165) is 12.8 Å². The van der Waals surface area contributed by atoms with Crippen molar-refractivity contribution < 1.29 is 0 Å². The summed E-state index contributed by atoms with van der Waals surface area (Å²) in [6.07, 6.45) is 4.49. The summed E-state index contributed by atoms with van der Waals surface area (Å²) < 4.78 is 0. The van der Waals surface area contributed by atoms with Gasteiger partial charge in [-0.05, 0) is 70.4 Å². The zero-order chi connectivity index (χ0) is 16.5. The van der Waals surface area contributed by atoms with Gasteiger partial charge in [-0.25, -0.2) is 0 Å².